The van der Waals surface area contributed by atoms with Crippen molar-refractivity contribution in [2.45, 2.75) is 25.6 Å². The van der Waals surface area contributed by atoms with Gasteiger partial charge in [-0.2, -0.15) is 0 Å². The zero-order valence-electron chi connectivity index (χ0n) is 17.9. The van der Waals surface area contributed by atoms with E-state index in [-0.39, 0.29) is 43.0 Å². The van der Waals surface area contributed by atoms with Crippen molar-refractivity contribution in [3.63, 3.8) is 0 Å². The number of carbonyl (C=O) groups excluding carboxylic acids is 1. The van der Waals surface area contributed by atoms with E-state index in [1.807, 2.05) is 11.8 Å². The number of hydrogen-bond acceptors (Lipinski definition) is 5. The fraction of sp³-hybridized carbons (Fsp3) is 0.435. The van der Waals surface area contributed by atoms with E-state index in [0.717, 1.165) is 18.2 Å². The van der Waals surface area contributed by atoms with Crippen LogP contribution in [-0.2, 0) is 11.3 Å². The Hall–Kier alpha value is -2.62. The van der Waals surface area contributed by atoms with Gasteiger partial charge in [-0.3, -0.25) is 14.6 Å². The molecule has 0 aromatic heterocycles. The number of nitrogens with one attached hydrogen (secondary N) is 1. The number of halogens is 3. The van der Waals surface area contributed by atoms with Gasteiger partial charge >= 0.3 is 0 Å². The Morgan fingerprint density at radius 1 is 1.19 bits per heavy atom. The maximum atomic E-state index is 13.7. The molecule has 1 aliphatic heterocycles. The number of amides is 1. The van der Waals surface area contributed by atoms with Crippen molar-refractivity contribution < 1.29 is 27.8 Å². The summed E-state index contributed by atoms with van der Waals surface area (Å²) in [5.41, 5.74) is 0.100. The predicted octanol–water partition coefficient (Wildman–Crippen LogP) is 2.17. The quantitative estimate of drug-likeness (QED) is 0.612. The van der Waals surface area contributed by atoms with E-state index < -0.39 is 23.6 Å². The van der Waals surface area contributed by atoms with E-state index in [1.54, 1.807) is 12.1 Å². The fourth-order valence-electron chi connectivity index (χ4n) is 3.69. The first-order valence-corrected chi connectivity index (χ1v) is 10.5. The lowest BCUT2D eigenvalue weighted by atomic mass is 10.1. The lowest BCUT2D eigenvalue weighted by molar-refractivity contribution is -0.123. The second-order valence-electron chi connectivity index (χ2n) is 7.99. The summed E-state index contributed by atoms with van der Waals surface area (Å²) in [5, 5.41) is 12.9. The van der Waals surface area contributed by atoms with Crippen molar-refractivity contribution in [3.8, 4) is 5.75 Å². The molecule has 3 rings (SSSR count). The Morgan fingerprint density at radius 2 is 1.97 bits per heavy atom. The third-order valence-corrected chi connectivity index (χ3v) is 5.41. The number of ether oxygens (including phenoxy) is 1. The molecule has 6 nitrogen and oxygen atoms in total. The highest BCUT2D eigenvalue weighted by Gasteiger charge is 2.26. The van der Waals surface area contributed by atoms with Gasteiger partial charge in [0.2, 0.25) is 5.91 Å². The average molecular weight is 451 g/mol. The zero-order chi connectivity index (χ0) is 23.1. The predicted molar refractivity (Wildman–Crippen MR) is 114 cm³/mol. The average Bonchev–Trinajstić information content (AvgIpc) is 2.76. The number of β-amino-alcohol motifs (C(OH)–C–C–N with tert-alkyl or cyclic N) is 1. The molecule has 1 fully saturated rings. The number of rotatable bonds is 9. The van der Waals surface area contributed by atoms with Crippen molar-refractivity contribution in [2.75, 3.05) is 39.3 Å². The van der Waals surface area contributed by atoms with E-state index in [0.29, 0.717) is 26.2 Å². The van der Waals surface area contributed by atoms with Gasteiger partial charge in [-0.15, -0.1) is 0 Å². The van der Waals surface area contributed by atoms with E-state index in [9.17, 15) is 23.1 Å². The third-order valence-electron chi connectivity index (χ3n) is 5.41. The van der Waals surface area contributed by atoms with Crippen molar-refractivity contribution >= 4 is 5.91 Å². The van der Waals surface area contributed by atoms with Gasteiger partial charge in [0.15, 0.2) is 11.6 Å². The SMILES string of the molecule is C[C@H]1CN(CC(=O)NCc2cc(F)ccc2F)CCN1C[C@@H](O)COc1ccccc1F. The van der Waals surface area contributed by atoms with E-state index in [2.05, 4.69) is 10.2 Å². The standard InChI is InChI=1S/C23H28F3N3O3/c1-16-12-28(14-23(31)27-11-17-10-18(24)6-7-20(17)25)8-9-29(16)13-19(30)15-32-22-5-3-2-4-21(22)26/h2-7,10,16,19,30H,8-9,11-15H2,1H3,(H,27,31)/t16-,19+/m0/s1. The van der Waals surface area contributed by atoms with Crippen LogP contribution < -0.4 is 10.1 Å². The number of para-hydroxylation sites is 1. The monoisotopic (exact) mass is 451 g/mol. The summed E-state index contributed by atoms with van der Waals surface area (Å²) in [6, 6.07) is 9.26. The molecule has 2 aromatic carbocycles. The van der Waals surface area contributed by atoms with E-state index in [4.69, 9.17) is 4.74 Å². The molecule has 0 saturated carbocycles. The molecule has 1 saturated heterocycles. The molecule has 0 spiro atoms. The van der Waals surface area contributed by atoms with Crippen LogP contribution in [0.15, 0.2) is 42.5 Å². The number of nitrogens with zero attached hydrogens (tertiary/aromatic N) is 2. The molecule has 2 N–H and O–H groups in total. The normalized spacial score (nSPS) is 18.3. The summed E-state index contributed by atoms with van der Waals surface area (Å²) >= 11 is 0. The summed E-state index contributed by atoms with van der Waals surface area (Å²) in [4.78, 5) is 16.3. The minimum absolute atomic E-state index is 0.0209. The highest BCUT2D eigenvalue weighted by Crippen LogP contribution is 2.16. The van der Waals surface area contributed by atoms with Crippen LogP contribution in [0.4, 0.5) is 13.2 Å². The summed E-state index contributed by atoms with van der Waals surface area (Å²) < 4.78 is 45.9. The maximum absolute atomic E-state index is 13.7. The zero-order valence-corrected chi connectivity index (χ0v) is 17.9. The molecule has 0 unspecified atom stereocenters. The molecule has 174 valence electrons. The molecule has 0 radical (unpaired) electrons. The van der Waals surface area contributed by atoms with E-state index >= 15 is 0 Å². The molecule has 1 heterocycles. The summed E-state index contributed by atoms with van der Waals surface area (Å²) in [6.45, 7) is 4.29. The minimum atomic E-state index is -0.784. The van der Waals surface area contributed by atoms with Crippen molar-refractivity contribution in [1.29, 1.82) is 0 Å². The number of aliphatic hydroxyl groups is 1. The molecule has 1 aliphatic rings. The van der Waals surface area contributed by atoms with Crippen molar-refractivity contribution in [3.05, 3.63) is 65.5 Å². The van der Waals surface area contributed by atoms with Gasteiger partial charge in [0.1, 0.15) is 24.3 Å². The topological polar surface area (TPSA) is 65.0 Å². The molecule has 0 aliphatic carbocycles. The molecule has 2 atom stereocenters. The second kappa shape index (κ2) is 11.3. The molecule has 1 amide bonds. The number of aliphatic hydroxyl groups excluding tert-OH is 1. The maximum Gasteiger partial charge on any atom is 0.234 e. The van der Waals surface area contributed by atoms with Crippen molar-refractivity contribution in [2.24, 2.45) is 0 Å². The molecular weight excluding hydrogens is 423 g/mol. The van der Waals surface area contributed by atoms with Crippen LogP contribution in [0.5, 0.6) is 5.75 Å². The number of piperazine rings is 1. The molecule has 32 heavy (non-hydrogen) atoms. The van der Waals surface area contributed by atoms with Gasteiger partial charge in [0.05, 0.1) is 6.54 Å². The summed E-state index contributed by atoms with van der Waals surface area (Å²) in [5.74, 6) is -1.75. The van der Waals surface area contributed by atoms with Crippen LogP contribution in [-0.4, -0.2) is 72.3 Å². The lowest BCUT2D eigenvalue weighted by Gasteiger charge is -2.40. The van der Waals surface area contributed by atoms with Crippen LogP contribution in [0.2, 0.25) is 0 Å². The van der Waals surface area contributed by atoms with Gasteiger partial charge in [-0.1, -0.05) is 12.1 Å². The molecule has 2 aromatic rings. The summed E-state index contributed by atoms with van der Waals surface area (Å²) in [7, 11) is 0. The fourth-order valence-corrected chi connectivity index (χ4v) is 3.69. The number of carbonyl (C=O) groups is 1. The third kappa shape index (κ3) is 6.94. The Labute approximate surface area is 185 Å². The molecular formula is C23H28F3N3O3. The van der Waals surface area contributed by atoms with Crippen LogP contribution >= 0.6 is 0 Å². The van der Waals surface area contributed by atoms with Gasteiger partial charge in [-0.05, 0) is 37.3 Å². The second-order valence-corrected chi connectivity index (χ2v) is 7.99. The first-order chi connectivity index (χ1) is 15.3. The van der Waals surface area contributed by atoms with E-state index in [1.165, 1.54) is 12.1 Å². The van der Waals surface area contributed by atoms with Crippen LogP contribution in [0.1, 0.15) is 12.5 Å². The molecule has 9 heteroatoms. The van der Waals surface area contributed by atoms with Gasteiger partial charge in [0.25, 0.3) is 0 Å². The minimum Gasteiger partial charge on any atom is -0.488 e. The van der Waals surface area contributed by atoms with Gasteiger partial charge in [0, 0.05) is 44.3 Å². The number of benzene rings is 2. The smallest absolute Gasteiger partial charge is 0.234 e. The Kier molecular flexibility index (Phi) is 8.49. The van der Waals surface area contributed by atoms with Crippen LogP contribution in [0.3, 0.4) is 0 Å². The lowest BCUT2D eigenvalue weighted by Crippen LogP contribution is -2.55. The van der Waals surface area contributed by atoms with Crippen LogP contribution in [0.25, 0.3) is 0 Å². The summed E-state index contributed by atoms with van der Waals surface area (Å²) in [6.07, 6.45) is -0.784. The Bertz CT molecular complexity index is 915. The van der Waals surface area contributed by atoms with Crippen molar-refractivity contribution in [1.82, 2.24) is 15.1 Å². The first-order valence-electron chi connectivity index (χ1n) is 10.5. The largest absolute Gasteiger partial charge is 0.488 e. The number of hydrogen-bond donors (Lipinski definition) is 2. The van der Waals surface area contributed by atoms with Gasteiger partial charge in [-0.25, -0.2) is 13.2 Å². The highest BCUT2D eigenvalue weighted by atomic mass is 19.1. The first kappa shape index (κ1) is 24.0. The Morgan fingerprint density at radius 3 is 2.72 bits per heavy atom. The van der Waals surface area contributed by atoms with Gasteiger partial charge < -0.3 is 15.2 Å². The highest BCUT2D eigenvalue weighted by molar-refractivity contribution is 5.78. The van der Waals surface area contributed by atoms with Crippen LogP contribution in [0, 0.1) is 17.5 Å². The Balaban J connectivity index is 1.39. The molecule has 0 bridgehead atoms.